The summed E-state index contributed by atoms with van der Waals surface area (Å²) >= 11 is 0. The van der Waals surface area contributed by atoms with Gasteiger partial charge >= 0.3 is 0 Å². The first-order chi connectivity index (χ1) is 10.2. The van der Waals surface area contributed by atoms with Crippen molar-refractivity contribution in [3.05, 3.63) is 66.0 Å². The monoisotopic (exact) mass is 281 g/mol. The van der Waals surface area contributed by atoms with Gasteiger partial charge in [-0.25, -0.2) is 5.43 Å². The van der Waals surface area contributed by atoms with Crippen molar-refractivity contribution in [1.82, 2.24) is 10.4 Å². The van der Waals surface area contributed by atoms with Crippen molar-refractivity contribution in [1.29, 1.82) is 0 Å². The zero-order valence-corrected chi connectivity index (χ0v) is 12.3. The summed E-state index contributed by atoms with van der Waals surface area (Å²) in [5.74, 6) is 0.230. The molecule has 1 N–H and O–H groups in total. The van der Waals surface area contributed by atoms with E-state index in [2.05, 4.69) is 15.5 Å². The smallest absolute Gasteiger partial charge is 0.240 e. The number of nitrogens with one attached hydrogen (secondary N) is 1. The molecule has 0 aliphatic heterocycles. The Balaban J connectivity index is 2.27. The Morgan fingerprint density at radius 3 is 2.33 bits per heavy atom. The minimum Gasteiger partial charge on any atom is -0.273 e. The first-order valence-corrected chi connectivity index (χ1v) is 6.99. The van der Waals surface area contributed by atoms with Crippen LogP contribution in [0, 0.1) is 5.92 Å². The van der Waals surface area contributed by atoms with E-state index in [1.54, 1.807) is 12.4 Å². The lowest BCUT2D eigenvalue weighted by Gasteiger charge is -2.08. The molecule has 2 rings (SSSR count). The van der Waals surface area contributed by atoms with Gasteiger partial charge in [0.15, 0.2) is 0 Å². The van der Waals surface area contributed by atoms with Crippen LogP contribution in [0.25, 0.3) is 0 Å². The number of carbonyl (C=O) groups is 1. The van der Waals surface area contributed by atoms with E-state index in [0.717, 1.165) is 16.8 Å². The molecule has 1 amide bonds. The molecule has 0 atom stereocenters. The van der Waals surface area contributed by atoms with E-state index >= 15 is 0 Å². The molecule has 4 heteroatoms. The summed E-state index contributed by atoms with van der Waals surface area (Å²) in [5, 5.41) is 4.31. The average molecular weight is 281 g/mol. The summed E-state index contributed by atoms with van der Waals surface area (Å²) in [7, 11) is 0. The first kappa shape index (κ1) is 14.9. The second kappa shape index (κ2) is 7.33. The molecule has 0 unspecified atom stereocenters. The van der Waals surface area contributed by atoms with Crippen molar-refractivity contribution in [2.45, 2.75) is 20.3 Å². The molecule has 0 saturated heterocycles. The number of hydrogen-bond donors (Lipinski definition) is 1. The van der Waals surface area contributed by atoms with Gasteiger partial charge in [-0.1, -0.05) is 44.2 Å². The van der Waals surface area contributed by atoms with Crippen LogP contribution in [-0.2, 0) is 4.79 Å². The lowest BCUT2D eigenvalue weighted by atomic mass is 10.0. The Labute approximate surface area is 124 Å². The van der Waals surface area contributed by atoms with Crippen LogP contribution in [0.1, 0.15) is 31.4 Å². The highest BCUT2D eigenvalue weighted by molar-refractivity contribution is 6.13. The summed E-state index contributed by atoms with van der Waals surface area (Å²) in [6, 6.07) is 13.5. The fourth-order valence-electron chi connectivity index (χ4n) is 1.94. The highest BCUT2D eigenvalue weighted by Gasteiger charge is 2.08. The summed E-state index contributed by atoms with van der Waals surface area (Å²) in [6.07, 6.45) is 3.88. The zero-order chi connectivity index (χ0) is 15.1. The van der Waals surface area contributed by atoms with Gasteiger partial charge in [-0.2, -0.15) is 5.10 Å². The molecular weight excluding hydrogens is 262 g/mol. The van der Waals surface area contributed by atoms with E-state index < -0.39 is 0 Å². The summed E-state index contributed by atoms with van der Waals surface area (Å²) in [5.41, 5.74) is 5.24. The van der Waals surface area contributed by atoms with Crippen molar-refractivity contribution in [3.63, 3.8) is 0 Å². The lowest BCUT2D eigenvalue weighted by Crippen LogP contribution is -2.21. The Morgan fingerprint density at radius 2 is 1.71 bits per heavy atom. The minimum atomic E-state index is -0.0764. The maximum atomic E-state index is 11.8. The molecule has 4 nitrogen and oxygen atoms in total. The Hall–Kier alpha value is -2.49. The van der Waals surface area contributed by atoms with Crippen molar-refractivity contribution >= 4 is 11.6 Å². The van der Waals surface area contributed by atoms with Gasteiger partial charge in [0, 0.05) is 29.9 Å². The molecule has 0 radical (unpaired) electrons. The maximum Gasteiger partial charge on any atom is 0.240 e. The zero-order valence-electron chi connectivity index (χ0n) is 12.3. The molecule has 1 aromatic heterocycles. The van der Waals surface area contributed by atoms with Gasteiger partial charge in [0.2, 0.25) is 5.91 Å². The number of nitrogens with zero attached hydrogens (tertiary/aromatic N) is 2. The molecule has 0 aliphatic rings. The SMILES string of the molecule is CC(C)CC(=O)N/N=C(\c1ccccc1)c1ccncc1. The van der Waals surface area contributed by atoms with Gasteiger partial charge in [0.25, 0.3) is 0 Å². The third kappa shape index (κ3) is 4.53. The normalized spacial score (nSPS) is 11.5. The Morgan fingerprint density at radius 1 is 1.10 bits per heavy atom. The van der Waals surface area contributed by atoms with E-state index in [4.69, 9.17) is 0 Å². The molecule has 1 aromatic carbocycles. The molecule has 0 saturated carbocycles. The van der Waals surface area contributed by atoms with Gasteiger partial charge in [-0.05, 0) is 18.1 Å². The molecule has 108 valence electrons. The van der Waals surface area contributed by atoms with Crippen LogP contribution in [-0.4, -0.2) is 16.6 Å². The van der Waals surface area contributed by atoms with Gasteiger partial charge in [0.05, 0.1) is 5.71 Å². The molecule has 2 aromatic rings. The predicted molar refractivity (Wildman–Crippen MR) is 83.9 cm³/mol. The highest BCUT2D eigenvalue weighted by atomic mass is 16.2. The van der Waals surface area contributed by atoms with Crippen LogP contribution in [0.4, 0.5) is 0 Å². The third-order valence-electron chi connectivity index (χ3n) is 2.89. The fraction of sp³-hybridized carbons (Fsp3) is 0.235. The van der Waals surface area contributed by atoms with E-state index in [0.29, 0.717) is 12.3 Å². The predicted octanol–water partition coefficient (Wildman–Crippen LogP) is 3.00. The van der Waals surface area contributed by atoms with Gasteiger partial charge in [0.1, 0.15) is 0 Å². The van der Waals surface area contributed by atoms with Gasteiger partial charge in [-0.15, -0.1) is 0 Å². The molecular formula is C17H19N3O. The maximum absolute atomic E-state index is 11.8. The van der Waals surface area contributed by atoms with Crippen molar-refractivity contribution in [2.75, 3.05) is 0 Å². The van der Waals surface area contributed by atoms with Crippen molar-refractivity contribution < 1.29 is 4.79 Å². The van der Waals surface area contributed by atoms with Gasteiger partial charge < -0.3 is 0 Å². The number of hydrogen-bond acceptors (Lipinski definition) is 3. The summed E-state index contributed by atoms with van der Waals surface area (Å²) < 4.78 is 0. The van der Waals surface area contributed by atoms with Crippen molar-refractivity contribution in [2.24, 2.45) is 11.0 Å². The molecule has 0 aliphatic carbocycles. The number of pyridine rings is 1. The third-order valence-corrected chi connectivity index (χ3v) is 2.89. The van der Waals surface area contributed by atoms with E-state index in [9.17, 15) is 4.79 Å². The highest BCUT2D eigenvalue weighted by Crippen LogP contribution is 2.09. The number of aromatic nitrogens is 1. The second-order valence-electron chi connectivity index (χ2n) is 5.20. The van der Waals surface area contributed by atoms with Crippen LogP contribution in [0.3, 0.4) is 0 Å². The van der Waals surface area contributed by atoms with E-state index in [1.807, 2.05) is 56.3 Å². The first-order valence-electron chi connectivity index (χ1n) is 6.99. The van der Waals surface area contributed by atoms with E-state index in [-0.39, 0.29) is 5.91 Å². The van der Waals surface area contributed by atoms with Crippen LogP contribution in [0.5, 0.6) is 0 Å². The number of rotatable bonds is 5. The number of amides is 1. The number of carbonyl (C=O) groups excluding carboxylic acids is 1. The minimum absolute atomic E-state index is 0.0764. The van der Waals surface area contributed by atoms with Crippen LogP contribution >= 0.6 is 0 Å². The Bertz CT molecular complexity index is 565. The standard InChI is InChI=1S/C17H19N3O/c1-13(2)12-16(21)19-20-17(14-6-4-3-5-7-14)15-8-10-18-11-9-15/h3-11,13H,12H2,1-2H3,(H,19,21)/b20-17+. The molecule has 0 bridgehead atoms. The van der Waals surface area contributed by atoms with Crippen LogP contribution in [0.15, 0.2) is 60.0 Å². The second-order valence-corrected chi connectivity index (χ2v) is 5.20. The fourth-order valence-corrected chi connectivity index (χ4v) is 1.94. The molecule has 0 spiro atoms. The summed E-state index contributed by atoms with van der Waals surface area (Å²) in [6.45, 7) is 4.01. The topological polar surface area (TPSA) is 54.4 Å². The largest absolute Gasteiger partial charge is 0.273 e. The summed E-state index contributed by atoms with van der Waals surface area (Å²) in [4.78, 5) is 15.8. The molecule has 21 heavy (non-hydrogen) atoms. The number of hydrazone groups is 1. The lowest BCUT2D eigenvalue weighted by molar-refractivity contribution is -0.121. The Kier molecular flexibility index (Phi) is 5.21. The molecule has 0 fully saturated rings. The molecule has 1 heterocycles. The van der Waals surface area contributed by atoms with Gasteiger partial charge in [-0.3, -0.25) is 9.78 Å². The average Bonchev–Trinajstić information content (AvgIpc) is 2.49. The van der Waals surface area contributed by atoms with Crippen molar-refractivity contribution in [3.8, 4) is 0 Å². The quantitative estimate of drug-likeness (QED) is 0.676. The van der Waals surface area contributed by atoms with E-state index in [1.165, 1.54) is 0 Å². The number of benzene rings is 1. The van der Waals surface area contributed by atoms with Crippen LogP contribution < -0.4 is 5.43 Å². The van der Waals surface area contributed by atoms with Crippen LogP contribution in [0.2, 0.25) is 0 Å².